The van der Waals surface area contributed by atoms with Crippen LogP contribution in [-0.4, -0.2) is 34.6 Å². The molecule has 0 aliphatic carbocycles. The molecule has 0 bridgehead atoms. The molecule has 0 aliphatic rings. The Labute approximate surface area is 133 Å². The number of aromatic nitrogens is 1. The highest BCUT2D eigenvalue weighted by atomic mass is 19.1. The van der Waals surface area contributed by atoms with Crippen LogP contribution in [0.25, 0.3) is 10.9 Å². The maximum Gasteiger partial charge on any atom is 0.123 e. The predicted molar refractivity (Wildman–Crippen MR) is 86.1 cm³/mol. The van der Waals surface area contributed by atoms with E-state index in [4.69, 9.17) is 4.74 Å². The number of aliphatic hydroxyl groups excluding tert-OH is 2. The van der Waals surface area contributed by atoms with Gasteiger partial charge in [-0.05, 0) is 41.3 Å². The Bertz CT molecular complexity index is 815. The molecule has 0 radical (unpaired) electrons. The van der Waals surface area contributed by atoms with Crippen molar-refractivity contribution in [2.75, 3.05) is 13.7 Å². The number of methoxy groups -OCH3 is 1. The zero-order valence-corrected chi connectivity index (χ0v) is 12.7. The zero-order chi connectivity index (χ0) is 16.4. The van der Waals surface area contributed by atoms with Crippen molar-refractivity contribution in [2.24, 2.45) is 0 Å². The van der Waals surface area contributed by atoms with E-state index in [1.54, 1.807) is 19.2 Å². The van der Waals surface area contributed by atoms with Crippen molar-refractivity contribution < 1.29 is 19.3 Å². The largest absolute Gasteiger partial charge is 0.497 e. The van der Waals surface area contributed by atoms with Crippen LogP contribution < -0.4 is 4.74 Å². The molecule has 0 fully saturated rings. The van der Waals surface area contributed by atoms with Crippen LogP contribution in [-0.2, 0) is 0 Å². The van der Waals surface area contributed by atoms with E-state index >= 15 is 0 Å². The molecule has 2 N–H and O–H groups in total. The summed E-state index contributed by atoms with van der Waals surface area (Å²) in [5.41, 5.74) is 1.43. The normalized spacial score (nSPS) is 13.9. The monoisotopic (exact) mass is 315 g/mol. The van der Waals surface area contributed by atoms with E-state index in [-0.39, 0.29) is 5.82 Å². The molecule has 2 aromatic carbocycles. The Balaban J connectivity index is 2.17. The lowest BCUT2D eigenvalue weighted by molar-refractivity contribution is 0.0653. The summed E-state index contributed by atoms with van der Waals surface area (Å²) in [7, 11) is 1.58. The minimum atomic E-state index is -1.06. The summed E-state index contributed by atoms with van der Waals surface area (Å²) in [5.74, 6) is 0.306. The van der Waals surface area contributed by atoms with Crippen molar-refractivity contribution in [2.45, 2.75) is 12.1 Å². The molecule has 1 heterocycles. The van der Waals surface area contributed by atoms with Gasteiger partial charge in [-0.25, -0.2) is 4.39 Å². The average molecular weight is 315 g/mol. The zero-order valence-electron chi connectivity index (χ0n) is 12.7. The number of nitrogens with zero attached hydrogens (tertiary/aromatic N) is 1. The second kappa shape index (κ2) is 6.40. The molecule has 23 heavy (non-hydrogen) atoms. The van der Waals surface area contributed by atoms with Crippen LogP contribution in [0.2, 0.25) is 0 Å². The van der Waals surface area contributed by atoms with Crippen LogP contribution in [0, 0.1) is 5.82 Å². The minimum Gasteiger partial charge on any atom is -0.497 e. The first-order chi connectivity index (χ1) is 11.1. The Morgan fingerprint density at radius 2 is 2.00 bits per heavy atom. The molecule has 0 aliphatic heterocycles. The van der Waals surface area contributed by atoms with Gasteiger partial charge >= 0.3 is 0 Å². The Hall–Kier alpha value is -2.37. The Morgan fingerprint density at radius 3 is 2.70 bits per heavy atom. The van der Waals surface area contributed by atoms with Gasteiger partial charge in [0.05, 0.1) is 25.3 Å². The lowest BCUT2D eigenvalue weighted by Crippen LogP contribution is -2.28. The topological polar surface area (TPSA) is 54.6 Å². The molecular formula is C18H18FNO3. The molecule has 0 saturated carbocycles. The predicted octanol–water partition coefficient (Wildman–Crippen LogP) is 2.73. The molecule has 3 aromatic rings. The van der Waals surface area contributed by atoms with Gasteiger partial charge in [0.2, 0.25) is 0 Å². The van der Waals surface area contributed by atoms with Gasteiger partial charge in [-0.15, -0.1) is 0 Å². The van der Waals surface area contributed by atoms with Crippen LogP contribution in [0.4, 0.5) is 4.39 Å². The third-order valence-corrected chi connectivity index (χ3v) is 3.97. The number of ether oxygens (including phenoxy) is 1. The van der Waals surface area contributed by atoms with Gasteiger partial charge in [0.25, 0.3) is 0 Å². The molecule has 0 spiro atoms. The highest BCUT2D eigenvalue weighted by Crippen LogP contribution is 2.30. The first kappa shape index (κ1) is 15.5. The molecule has 3 rings (SSSR count). The number of fused-ring (bicyclic) bond motifs is 1. The second-order valence-electron chi connectivity index (χ2n) is 5.40. The summed E-state index contributed by atoms with van der Waals surface area (Å²) in [4.78, 5) is 0. The van der Waals surface area contributed by atoms with E-state index in [0.717, 1.165) is 10.9 Å². The van der Waals surface area contributed by atoms with Gasteiger partial charge in [-0.1, -0.05) is 12.1 Å². The molecular weight excluding hydrogens is 297 g/mol. The van der Waals surface area contributed by atoms with Gasteiger partial charge in [-0.3, -0.25) is 0 Å². The van der Waals surface area contributed by atoms with E-state index in [1.165, 1.54) is 12.1 Å². The van der Waals surface area contributed by atoms with Crippen LogP contribution >= 0.6 is 0 Å². The van der Waals surface area contributed by atoms with Gasteiger partial charge in [-0.2, -0.15) is 0 Å². The fraction of sp³-hybridized carbons (Fsp3) is 0.222. The lowest BCUT2D eigenvalue weighted by Gasteiger charge is -2.25. The van der Waals surface area contributed by atoms with Crippen LogP contribution in [0.1, 0.15) is 11.6 Å². The second-order valence-corrected chi connectivity index (χ2v) is 5.40. The summed E-state index contributed by atoms with van der Waals surface area (Å²) in [5, 5.41) is 20.7. The number of halogens is 1. The summed E-state index contributed by atoms with van der Waals surface area (Å²) in [6.07, 6.45) is 0.761. The average Bonchev–Trinajstić information content (AvgIpc) is 2.98. The number of benzene rings is 2. The molecule has 4 nitrogen and oxygen atoms in total. The van der Waals surface area contributed by atoms with E-state index in [2.05, 4.69) is 0 Å². The maximum absolute atomic E-state index is 13.6. The number of rotatable bonds is 5. The molecule has 0 saturated heterocycles. The minimum absolute atomic E-state index is 0.383. The number of hydrogen-bond acceptors (Lipinski definition) is 3. The summed E-state index contributed by atoms with van der Waals surface area (Å²) in [6.45, 7) is -0.426. The van der Waals surface area contributed by atoms with E-state index in [1.807, 2.05) is 35.0 Å². The fourth-order valence-electron chi connectivity index (χ4n) is 2.86. The molecule has 1 aromatic heterocycles. The fourth-order valence-corrected chi connectivity index (χ4v) is 2.86. The lowest BCUT2D eigenvalue weighted by atomic mass is 10.0. The number of aliphatic hydroxyl groups is 2. The molecule has 0 amide bonds. The van der Waals surface area contributed by atoms with Crippen molar-refractivity contribution in [1.82, 2.24) is 4.57 Å². The van der Waals surface area contributed by atoms with Crippen molar-refractivity contribution in [3.05, 3.63) is 66.1 Å². The van der Waals surface area contributed by atoms with Crippen LogP contribution in [0.15, 0.2) is 54.7 Å². The van der Waals surface area contributed by atoms with E-state index in [9.17, 15) is 14.6 Å². The van der Waals surface area contributed by atoms with Gasteiger partial charge in [0.15, 0.2) is 0 Å². The summed E-state index contributed by atoms with van der Waals surface area (Å²) in [6, 6.07) is 13.0. The van der Waals surface area contributed by atoms with Crippen molar-refractivity contribution >= 4 is 10.9 Å². The quantitative estimate of drug-likeness (QED) is 0.761. The molecule has 5 heteroatoms. The van der Waals surface area contributed by atoms with Gasteiger partial charge < -0.3 is 19.5 Å². The van der Waals surface area contributed by atoms with Crippen molar-refractivity contribution in [1.29, 1.82) is 0 Å². The van der Waals surface area contributed by atoms with Gasteiger partial charge in [0.1, 0.15) is 17.7 Å². The van der Waals surface area contributed by atoms with Crippen molar-refractivity contribution in [3.63, 3.8) is 0 Å². The molecule has 0 unspecified atom stereocenters. The first-order valence-corrected chi connectivity index (χ1v) is 7.33. The Morgan fingerprint density at radius 1 is 1.17 bits per heavy atom. The van der Waals surface area contributed by atoms with Gasteiger partial charge in [0, 0.05) is 12.3 Å². The summed E-state index contributed by atoms with van der Waals surface area (Å²) >= 11 is 0. The number of hydrogen-bond donors (Lipinski definition) is 2. The third-order valence-electron chi connectivity index (χ3n) is 3.97. The highest BCUT2D eigenvalue weighted by Gasteiger charge is 2.24. The third kappa shape index (κ3) is 2.93. The van der Waals surface area contributed by atoms with E-state index < -0.39 is 18.8 Å². The first-order valence-electron chi connectivity index (χ1n) is 7.33. The van der Waals surface area contributed by atoms with Crippen molar-refractivity contribution in [3.8, 4) is 5.75 Å². The maximum atomic E-state index is 13.6. The highest BCUT2D eigenvalue weighted by molar-refractivity contribution is 5.82. The SMILES string of the molecule is COc1ccc2ccn([C@@H](c3cccc(F)c3)[C@H](O)CO)c2c1. The standard InChI is InChI=1S/C18H18FNO3/c1-23-15-6-5-12-7-8-20(16(12)10-15)18(17(22)11-21)13-3-2-4-14(19)9-13/h2-10,17-18,21-22H,11H2,1H3/t17-,18+/m1/s1. The van der Waals surface area contributed by atoms with Crippen LogP contribution in [0.5, 0.6) is 5.75 Å². The van der Waals surface area contributed by atoms with E-state index in [0.29, 0.717) is 11.3 Å². The van der Waals surface area contributed by atoms with Crippen LogP contribution in [0.3, 0.4) is 0 Å². The molecule has 120 valence electrons. The Kier molecular flexibility index (Phi) is 4.32. The summed E-state index contributed by atoms with van der Waals surface area (Å²) < 4.78 is 20.7. The molecule has 2 atom stereocenters. The smallest absolute Gasteiger partial charge is 0.123 e.